The van der Waals surface area contributed by atoms with Gasteiger partial charge in [-0.1, -0.05) is 0 Å². The van der Waals surface area contributed by atoms with E-state index in [0.29, 0.717) is 30.3 Å². The second kappa shape index (κ2) is 5.03. The lowest BCUT2D eigenvalue weighted by atomic mass is 10.1. The van der Waals surface area contributed by atoms with Crippen molar-refractivity contribution in [3.8, 4) is 11.5 Å². The van der Waals surface area contributed by atoms with Crippen LogP contribution in [0, 0.1) is 0 Å². The van der Waals surface area contributed by atoms with Crippen molar-refractivity contribution in [1.82, 2.24) is 0 Å². The Labute approximate surface area is 102 Å². The molecule has 0 radical (unpaired) electrons. The summed E-state index contributed by atoms with van der Waals surface area (Å²) in [5.41, 5.74) is 0.610. The average molecular weight is 289 g/mol. The van der Waals surface area contributed by atoms with Gasteiger partial charge in [0.25, 0.3) is 0 Å². The van der Waals surface area contributed by atoms with Gasteiger partial charge in [0.05, 0.1) is 24.3 Å². The third kappa shape index (κ3) is 2.31. The Morgan fingerprint density at radius 2 is 2.06 bits per heavy atom. The fourth-order valence-electron chi connectivity index (χ4n) is 1.55. The summed E-state index contributed by atoms with van der Waals surface area (Å²) < 4.78 is 11.8. The fraction of sp³-hybridized carbons (Fsp3) is 0.455. The molecule has 1 aromatic rings. The van der Waals surface area contributed by atoms with E-state index >= 15 is 0 Å². The summed E-state index contributed by atoms with van der Waals surface area (Å²) in [7, 11) is 0. The fourth-order valence-corrected chi connectivity index (χ4v) is 2.12. The number of aliphatic hydroxyl groups is 2. The summed E-state index contributed by atoms with van der Waals surface area (Å²) in [4.78, 5) is 0. The van der Waals surface area contributed by atoms with Crippen molar-refractivity contribution in [3.05, 3.63) is 22.2 Å². The number of hydrogen-bond donors (Lipinski definition) is 2. The largest absolute Gasteiger partial charge is 0.490 e. The monoisotopic (exact) mass is 288 g/mol. The highest BCUT2D eigenvalue weighted by Gasteiger charge is 2.17. The molecule has 1 aliphatic heterocycles. The Balaban J connectivity index is 2.39. The molecule has 88 valence electrons. The summed E-state index contributed by atoms with van der Waals surface area (Å²) in [5, 5.41) is 18.5. The molecule has 5 heteroatoms. The lowest BCUT2D eigenvalue weighted by molar-refractivity contribution is 0.0953. The van der Waals surface area contributed by atoms with Crippen molar-refractivity contribution < 1.29 is 19.7 Å². The molecule has 1 aromatic carbocycles. The molecule has 0 fully saturated rings. The molecule has 0 spiro atoms. The van der Waals surface area contributed by atoms with Gasteiger partial charge in [0.2, 0.25) is 0 Å². The number of hydrogen-bond acceptors (Lipinski definition) is 4. The van der Waals surface area contributed by atoms with Crippen LogP contribution >= 0.6 is 15.9 Å². The van der Waals surface area contributed by atoms with Crippen molar-refractivity contribution >= 4 is 15.9 Å². The second-order valence-electron chi connectivity index (χ2n) is 3.58. The minimum atomic E-state index is -0.895. The first-order valence-corrected chi connectivity index (χ1v) is 5.89. The van der Waals surface area contributed by atoms with Gasteiger partial charge in [0.1, 0.15) is 6.10 Å². The lowest BCUT2D eigenvalue weighted by Crippen LogP contribution is -2.03. The molecule has 2 rings (SSSR count). The van der Waals surface area contributed by atoms with Gasteiger partial charge < -0.3 is 19.7 Å². The molecular weight excluding hydrogens is 276 g/mol. The van der Waals surface area contributed by atoms with Crippen LogP contribution in [0.3, 0.4) is 0 Å². The number of rotatable bonds is 2. The highest BCUT2D eigenvalue weighted by molar-refractivity contribution is 9.10. The molecule has 16 heavy (non-hydrogen) atoms. The van der Waals surface area contributed by atoms with Crippen LogP contribution in [-0.4, -0.2) is 30.0 Å². The van der Waals surface area contributed by atoms with Crippen LogP contribution < -0.4 is 9.47 Å². The van der Waals surface area contributed by atoms with Gasteiger partial charge in [-0.3, -0.25) is 0 Å². The van der Waals surface area contributed by atoms with Crippen LogP contribution in [0.2, 0.25) is 0 Å². The molecule has 2 N–H and O–H groups in total. The molecule has 0 bridgehead atoms. The van der Waals surface area contributed by atoms with Crippen molar-refractivity contribution in [1.29, 1.82) is 0 Å². The summed E-state index contributed by atoms with van der Waals surface area (Å²) in [5.74, 6) is 1.26. The number of fused-ring (bicyclic) bond motifs is 1. The quantitative estimate of drug-likeness (QED) is 0.869. The van der Waals surface area contributed by atoms with Crippen LogP contribution in [0.1, 0.15) is 18.1 Å². The lowest BCUT2D eigenvalue weighted by Gasteiger charge is -2.14. The molecule has 0 saturated heterocycles. The first-order chi connectivity index (χ1) is 7.72. The van der Waals surface area contributed by atoms with Crippen molar-refractivity contribution in [2.75, 3.05) is 19.8 Å². The Morgan fingerprint density at radius 3 is 2.81 bits per heavy atom. The molecule has 1 unspecified atom stereocenters. The summed E-state index contributed by atoms with van der Waals surface area (Å²) in [6.07, 6.45) is -0.0626. The minimum absolute atomic E-state index is 0.313. The van der Waals surface area contributed by atoms with E-state index in [2.05, 4.69) is 15.9 Å². The number of ether oxygens (including phenoxy) is 2. The van der Waals surface area contributed by atoms with Crippen LogP contribution in [0.25, 0.3) is 0 Å². The molecule has 1 aliphatic rings. The van der Waals surface area contributed by atoms with E-state index in [1.165, 1.54) is 0 Å². The van der Waals surface area contributed by atoms with Gasteiger partial charge in [0.15, 0.2) is 11.5 Å². The zero-order valence-electron chi connectivity index (χ0n) is 8.65. The molecule has 0 aromatic heterocycles. The molecule has 0 aliphatic carbocycles. The predicted octanol–water partition coefficient (Wildman–Crippen LogP) is 1.64. The van der Waals surface area contributed by atoms with E-state index in [9.17, 15) is 5.11 Å². The van der Waals surface area contributed by atoms with Gasteiger partial charge in [-0.2, -0.15) is 0 Å². The van der Waals surface area contributed by atoms with Crippen LogP contribution in [0.4, 0.5) is 0 Å². The summed E-state index contributed by atoms with van der Waals surface area (Å²) >= 11 is 3.37. The van der Waals surface area contributed by atoms with Gasteiger partial charge in [-0.15, -0.1) is 0 Å². The predicted molar refractivity (Wildman–Crippen MR) is 61.8 cm³/mol. The van der Waals surface area contributed by atoms with Gasteiger partial charge in [0, 0.05) is 6.42 Å². The zero-order chi connectivity index (χ0) is 11.5. The number of aliphatic hydroxyl groups excluding tert-OH is 2. The van der Waals surface area contributed by atoms with Gasteiger partial charge >= 0.3 is 0 Å². The summed E-state index contributed by atoms with van der Waals surface area (Å²) in [6, 6.07) is 3.43. The Hall–Kier alpha value is -0.780. The third-order valence-corrected chi connectivity index (χ3v) is 2.97. The molecular formula is C11H13BrO4. The number of benzene rings is 1. The van der Waals surface area contributed by atoms with Crippen molar-refractivity contribution in [2.24, 2.45) is 0 Å². The Bertz CT molecular complexity index is 380. The second-order valence-corrected chi connectivity index (χ2v) is 4.43. The van der Waals surface area contributed by atoms with E-state index in [1.807, 2.05) is 0 Å². The molecule has 4 nitrogen and oxygen atoms in total. The average Bonchev–Trinajstić information content (AvgIpc) is 2.53. The highest BCUT2D eigenvalue weighted by atomic mass is 79.9. The van der Waals surface area contributed by atoms with Gasteiger partial charge in [-0.05, 0) is 33.6 Å². The highest BCUT2D eigenvalue weighted by Crippen LogP contribution is 2.39. The smallest absolute Gasteiger partial charge is 0.175 e. The van der Waals surface area contributed by atoms with E-state index in [0.717, 1.165) is 10.9 Å². The maximum absolute atomic E-state index is 9.56. The van der Waals surface area contributed by atoms with E-state index in [-0.39, 0.29) is 6.61 Å². The van der Waals surface area contributed by atoms with Crippen LogP contribution in [0.5, 0.6) is 11.5 Å². The molecule has 1 heterocycles. The van der Waals surface area contributed by atoms with E-state index in [4.69, 9.17) is 14.6 Å². The Morgan fingerprint density at radius 1 is 1.31 bits per heavy atom. The first kappa shape index (κ1) is 11.7. The van der Waals surface area contributed by atoms with E-state index < -0.39 is 6.10 Å². The third-order valence-electron chi connectivity index (χ3n) is 2.38. The minimum Gasteiger partial charge on any atom is -0.490 e. The maximum Gasteiger partial charge on any atom is 0.175 e. The van der Waals surface area contributed by atoms with Crippen molar-refractivity contribution in [2.45, 2.75) is 12.5 Å². The molecule has 1 atom stereocenters. The van der Waals surface area contributed by atoms with Gasteiger partial charge in [-0.25, -0.2) is 0 Å². The number of halogens is 1. The van der Waals surface area contributed by atoms with Crippen molar-refractivity contribution in [3.63, 3.8) is 0 Å². The summed E-state index contributed by atoms with van der Waals surface area (Å²) in [6.45, 7) is 0.900. The SMILES string of the molecule is OCC(O)c1cc(Br)c2c(c1)OCCCO2. The zero-order valence-corrected chi connectivity index (χ0v) is 10.2. The maximum atomic E-state index is 9.56. The van der Waals surface area contributed by atoms with Crippen LogP contribution in [0.15, 0.2) is 16.6 Å². The topological polar surface area (TPSA) is 58.9 Å². The Kier molecular flexibility index (Phi) is 3.68. The van der Waals surface area contributed by atoms with Crippen LogP contribution in [-0.2, 0) is 0 Å². The standard InChI is InChI=1S/C11H13BrO4/c12-8-4-7(9(14)6-13)5-10-11(8)16-3-1-2-15-10/h4-5,9,13-14H,1-3,6H2. The normalized spacial score (nSPS) is 16.7. The molecule has 0 amide bonds. The molecule has 0 saturated carbocycles. The first-order valence-electron chi connectivity index (χ1n) is 5.10. The van der Waals surface area contributed by atoms with E-state index in [1.54, 1.807) is 12.1 Å².